The van der Waals surface area contributed by atoms with Crippen LogP contribution in [0.3, 0.4) is 0 Å². The van der Waals surface area contributed by atoms with Crippen molar-refractivity contribution in [1.29, 1.82) is 0 Å². The molecule has 5 rings (SSSR count). The van der Waals surface area contributed by atoms with Crippen LogP contribution in [-0.2, 0) is 4.74 Å². The molecule has 0 unspecified atom stereocenters. The Morgan fingerprint density at radius 1 is 1.18 bits per heavy atom. The van der Waals surface area contributed by atoms with E-state index in [1.807, 2.05) is 12.4 Å². The average molecular weight is 383 g/mol. The summed E-state index contributed by atoms with van der Waals surface area (Å²) < 4.78 is 11.6. The van der Waals surface area contributed by atoms with E-state index in [1.165, 1.54) is 30.5 Å². The highest BCUT2D eigenvalue weighted by atomic mass is 16.5. The molecular weight excluding hydrogens is 352 g/mol. The molecule has 0 bridgehead atoms. The minimum atomic E-state index is 0.328. The lowest BCUT2D eigenvalue weighted by Gasteiger charge is -2.36. The molecule has 4 heterocycles. The van der Waals surface area contributed by atoms with E-state index in [2.05, 4.69) is 38.0 Å². The molecule has 0 radical (unpaired) electrons. The molecule has 2 aromatic rings. The standard InChI is InChI=1S/C22H30N4O2/c1-3-21-19-15-17(28-12-2-8-25-10-13-27-14-11-25)4-5-18(19)20(16-26(21)9-1)22-23-6-7-24-22/h4-7,15,20-21H,1-3,8-14,16H2,(H,23,24)/t20-,21-/m0/s1. The van der Waals surface area contributed by atoms with Crippen LogP contribution in [-0.4, -0.2) is 72.3 Å². The van der Waals surface area contributed by atoms with E-state index in [-0.39, 0.29) is 0 Å². The molecule has 1 aromatic carbocycles. The molecule has 6 heteroatoms. The average Bonchev–Trinajstić information content (AvgIpc) is 3.43. The van der Waals surface area contributed by atoms with E-state index in [9.17, 15) is 0 Å². The van der Waals surface area contributed by atoms with E-state index in [0.29, 0.717) is 12.0 Å². The summed E-state index contributed by atoms with van der Waals surface area (Å²) in [6.07, 6.45) is 7.37. The van der Waals surface area contributed by atoms with Gasteiger partial charge in [0.2, 0.25) is 0 Å². The zero-order valence-electron chi connectivity index (χ0n) is 16.5. The second-order valence-corrected chi connectivity index (χ2v) is 8.13. The molecule has 0 spiro atoms. The minimum absolute atomic E-state index is 0.328. The van der Waals surface area contributed by atoms with Crippen molar-refractivity contribution < 1.29 is 9.47 Å². The molecule has 0 amide bonds. The molecular formula is C22H30N4O2. The van der Waals surface area contributed by atoms with E-state index in [0.717, 1.165) is 64.0 Å². The first-order chi connectivity index (χ1) is 13.9. The Balaban J connectivity index is 1.27. The number of nitrogens with one attached hydrogen (secondary N) is 1. The van der Waals surface area contributed by atoms with Crippen molar-refractivity contribution in [3.8, 4) is 5.75 Å². The molecule has 6 nitrogen and oxygen atoms in total. The molecule has 1 N–H and O–H groups in total. The Bertz CT molecular complexity index is 773. The molecule has 2 saturated heterocycles. The maximum absolute atomic E-state index is 6.14. The van der Waals surface area contributed by atoms with Crippen LogP contribution in [0.25, 0.3) is 0 Å². The number of nitrogens with zero attached hydrogens (tertiary/aromatic N) is 3. The molecule has 2 fully saturated rings. The highest BCUT2D eigenvalue weighted by Crippen LogP contribution is 2.44. The third kappa shape index (κ3) is 3.69. The van der Waals surface area contributed by atoms with Crippen molar-refractivity contribution in [1.82, 2.24) is 19.8 Å². The summed E-state index contributed by atoms with van der Waals surface area (Å²) in [5, 5.41) is 0. The van der Waals surface area contributed by atoms with Crippen LogP contribution in [0, 0.1) is 0 Å². The van der Waals surface area contributed by atoms with E-state index < -0.39 is 0 Å². The Morgan fingerprint density at radius 2 is 2.11 bits per heavy atom. The molecule has 1 aromatic heterocycles. The number of aromatic nitrogens is 2. The largest absolute Gasteiger partial charge is 0.494 e. The molecule has 3 aliphatic heterocycles. The highest BCUT2D eigenvalue weighted by molar-refractivity contribution is 5.44. The second kappa shape index (κ2) is 8.23. The van der Waals surface area contributed by atoms with Crippen molar-refractivity contribution in [3.05, 3.63) is 47.5 Å². The van der Waals surface area contributed by atoms with Crippen molar-refractivity contribution in [2.24, 2.45) is 0 Å². The molecule has 3 aliphatic rings. The summed E-state index contributed by atoms with van der Waals surface area (Å²) in [7, 11) is 0. The fourth-order valence-corrected chi connectivity index (χ4v) is 4.98. The number of imidazole rings is 1. The van der Waals surface area contributed by atoms with Gasteiger partial charge in [-0.15, -0.1) is 0 Å². The van der Waals surface area contributed by atoms with Crippen LogP contribution in [0.5, 0.6) is 5.75 Å². The normalized spacial score (nSPS) is 25.4. The SMILES string of the molecule is c1c[nH]c([C@H]2CN3CCC[C@H]3c3cc(OCCCN4CCOCC4)ccc32)n1. The third-order valence-corrected chi connectivity index (χ3v) is 6.41. The molecule has 2 atom stereocenters. The van der Waals surface area contributed by atoms with E-state index in [1.54, 1.807) is 0 Å². The van der Waals surface area contributed by atoms with Crippen LogP contribution < -0.4 is 4.74 Å². The first-order valence-electron chi connectivity index (χ1n) is 10.7. The van der Waals surface area contributed by atoms with Crippen molar-refractivity contribution in [3.63, 3.8) is 0 Å². The summed E-state index contributed by atoms with van der Waals surface area (Å²) in [6.45, 7) is 7.92. The van der Waals surface area contributed by atoms with Gasteiger partial charge < -0.3 is 14.5 Å². The van der Waals surface area contributed by atoms with Gasteiger partial charge in [0.15, 0.2) is 0 Å². The smallest absolute Gasteiger partial charge is 0.119 e. The van der Waals surface area contributed by atoms with Gasteiger partial charge in [0.05, 0.1) is 25.7 Å². The fourth-order valence-electron chi connectivity index (χ4n) is 4.98. The van der Waals surface area contributed by atoms with Gasteiger partial charge in [-0.2, -0.15) is 0 Å². The molecule has 28 heavy (non-hydrogen) atoms. The maximum Gasteiger partial charge on any atom is 0.119 e. The predicted molar refractivity (Wildman–Crippen MR) is 108 cm³/mol. The quantitative estimate of drug-likeness (QED) is 0.779. The van der Waals surface area contributed by atoms with Crippen LogP contribution in [0.4, 0.5) is 0 Å². The maximum atomic E-state index is 6.14. The predicted octanol–water partition coefficient (Wildman–Crippen LogP) is 2.79. The Kier molecular flexibility index (Phi) is 5.34. The van der Waals surface area contributed by atoms with Gasteiger partial charge in [0.1, 0.15) is 11.6 Å². The number of aromatic amines is 1. The lowest BCUT2D eigenvalue weighted by Crippen LogP contribution is -2.37. The topological polar surface area (TPSA) is 53.6 Å². The van der Waals surface area contributed by atoms with Gasteiger partial charge in [0.25, 0.3) is 0 Å². The lowest BCUT2D eigenvalue weighted by molar-refractivity contribution is 0.0358. The first kappa shape index (κ1) is 18.2. The Labute approximate surface area is 166 Å². The fraction of sp³-hybridized carbons (Fsp3) is 0.591. The summed E-state index contributed by atoms with van der Waals surface area (Å²) in [5.41, 5.74) is 2.86. The Hall–Kier alpha value is -1.89. The van der Waals surface area contributed by atoms with Crippen LogP contribution in [0.1, 0.15) is 48.2 Å². The molecule has 0 aliphatic carbocycles. The summed E-state index contributed by atoms with van der Waals surface area (Å²) in [5.74, 6) is 2.41. The zero-order chi connectivity index (χ0) is 18.8. The highest BCUT2D eigenvalue weighted by Gasteiger charge is 2.37. The van der Waals surface area contributed by atoms with E-state index in [4.69, 9.17) is 9.47 Å². The van der Waals surface area contributed by atoms with Crippen molar-refractivity contribution in [2.75, 3.05) is 52.5 Å². The number of ether oxygens (including phenoxy) is 2. The van der Waals surface area contributed by atoms with Gasteiger partial charge in [-0.1, -0.05) is 6.07 Å². The van der Waals surface area contributed by atoms with Crippen LogP contribution in [0.2, 0.25) is 0 Å². The number of hydrogen-bond donors (Lipinski definition) is 1. The van der Waals surface area contributed by atoms with E-state index >= 15 is 0 Å². The third-order valence-electron chi connectivity index (χ3n) is 6.41. The Morgan fingerprint density at radius 3 is 2.96 bits per heavy atom. The zero-order valence-corrected chi connectivity index (χ0v) is 16.5. The number of hydrogen-bond acceptors (Lipinski definition) is 5. The van der Waals surface area contributed by atoms with Gasteiger partial charge in [-0.25, -0.2) is 4.98 Å². The van der Waals surface area contributed by atoms with Gasteiger partial charge in [-0.3, -0.25) is 9.80 Å². The number of benzene rings is 1. The summed E-state index contributed by atoms with van der Waals surface area (Å²) >= 11 is 0. The number of rotatable bonds is 6. The van der Waals surface area contributed by atoms with Crippen LogP contribution >= 0.6 is 0 Å². The summed E-state index contributed by atoms with van der Waals surface area (Å²) in [6, 6.07) is 7.25. The molecule has 0 saturated carbocycles. The van der Waals surface area contributed by atoms with Gasteiger partial charge in [-0.05, 0) is 49.1 Å². The number of morpholine rings is 1. The lowest BCUT2D eigenvalue weighted by atomic mass is 9.85. The van der Waals surface area contributed by atoms with Crippen LogP contribution in [0.15, 0.2) is 30.6 Å². The number of fused-ring (bicyclic) bond motifs is 3. The molecule has 150 valence electrons. The summed E-state index contributed by atoms with van der Waals surface area (Å²) in [4.78, 5) is 13.0. The van der Waals surface area contributed by atoms with Crippen molar-refractivity contribution in [2.45, 2.75) is 31.2 Å². The number of H-pyrrole nitrogens is 1. The second-order valence-electron chi connectivity index (χ2n) is 8.13. The monoisotopic (exact) mass is 382 g/mol. The van der Waals surface area contributed by atoms with Crippen molar-refractivity contribution >= 4 is 0 Å². The first-order valence-corrected chi connectivity index (χ1v) is 10.7. The minimum Gasteiger partial charge on any atom is -0.494 e. The van der Waals surface area contributed by atoms with Gasteiger partial charge in [0, 0.05) is 44.6 Å². The van der Waals surface area contributed by atoms with Gasteiger partial charge >= 0.3 is 0 Å².